The van der Waals surface area contributed by atoms with Crippen LogP contribution in [-0.2, 0) is 4.43 Å². The van der Waals surface area contributed by atoms with Gasteiger partial charge >= 0.3 is 0 Å². The summed E-state index contributed by atoms with van der Waals surface area (Å²) in [6.45, 7) is 13.7. The smallest absolute Gasteiger partial charge is 0.190 e. The van der Waals surface area contributed by atoms with E-state index in [4.69, 9.17) is 4.43 Å². The molecule has 0 aliphatic carbocycles. The van der Waals surface area contributed by atoms with Crippen molar-refractivity contribution < 1.29 is 4.43 Å². The average Bonchev–Trinajstić information content (AvgIpc) is 1.98. The highest BCUT2D eigenvalue weighted by molar-refractivity contribution is 6.71. The van der Waals surface area contributed by atoms with Gasteiger partial charge in [-0.1, -0.05) is 19.9 Å². The van der Waals surface area contributed by atoms with Gasteiger partial charge in [0.05, 0.1) is 0 Å². The normalized spacial score (nSPS) is 12.1. The number of hydrogen-bond donors (Lipinski definition) is 0. The molecule has 0 rings (SSSR count). The van der Waals surface area contributed by atoms with Crippen LogP contribution in [0.5, 0.6) is 0 Å². The van der Waals surface area contributed by atoms with Gasteiger partial charge < -0.3 is 4.43 Å². The standard InChI is InChI=1S/C11H24OSi/c1-6-10-13(4,5)12-9-7-8-11(2)3/h6,11H,1,7-10H2,2-5H3. The van der Waals surface area contributed by atoms with Crippen molar-refractivity contribution in [3.8, 4) is 0 Å². The van der Waals surface area contributed by atoms with Gasteiger partial charge in [-0.05, 0) is 37.9 Å². The van der Waals surface area contributed by atoms with Crippen LogP contribution < -0.4 is 0 Å². The lowest BCUT2D eigenvalue weighted by Crippen LogP contribution is -2.29. The number of rotatable bonds is 7. The molecule has 0 radical (unpaired) electrons. The fraction of sp³-hybridized carbons (Fsp3) is 0.818. The Balaban J connectivity index is 3.45. The molecule has 0 bridgehead atoms. The van der Waals surface area contributed by atoms with Gasteiger partial charge in [-0.15, -0.1) is 6.58 Å². The molecule has 0 aromatic carbocycles. The summed E-state index contributed by atoms with van der Waals surface area (Å²) in [5, 5.41) is 0. The summed E-state index contributed by atoms with van der Waals surface area (Å²) < 4.78 is 5.89. The van der Waals surface area contributed by atoms with Crippen molar-refractivity contribution in [1.82, 2.24) is 0 Å². The Kier molecular flexibility index (Phi) is 6.34. The Labute approximate surface area is 84.3 Å². The van der Waals surface area contributed by atoms with Gasteiger partial charge in [-0.3, -0.25) is 0 Å². The van der Waals surface area contributed by atoms with Gasteiger partial charge in [0.15, 0.2) is 8.32 Å². The van der Waals surface area contributed by atoms with Gasteiger partial charge in [0.25, 0.3) is 0 Å². The first-order chi connectivity index (χ1) is 5.98. The summed E-state index contributed by atoms with van der Waals surface area (Å²) in [6.07, 6.45) is 4.46. The van der Waals surface area contributed by atoms with Crippen molar-refractivity contribution in [2.75, 3.05) is 6.61 Å². The van der Waals surface area contributed by atoms with E-state index in [1.165, 1.54) is 12.8 Å². The number of hydrogen-bond acceptors (Lipinski definition) is 1. The maximum Gasteiger partial charge on any atom is 0.190 e. The minimum atomic E-state index is -1.39. The lowest BCUT2D eigenvalue weighted by Gasteiger charge is -2.21. The molecule has 0 unspecified atom stereocenters. The summed E-state index contributed by atoms with van der Waals surface area (Å²) in [6, 6.07) is 1.06. The van der Waals surface area contributed by atoms with Crippen molar-refractivity contribution in [3.05, 3.63) is 12.7 Å². The van der Waals surface area contributed by atoms with Crippen molar-refractivity contribution in [1.29, 1.82) is 0 Å². The molecule has 1 nitrogen and oxygen atoms in total. The van der Waals surface area contributed by atoms with Crippen LogP contribution in [0.3, 0.4) is 0 Å². The van der Waals surface area contributed by atoms with Gasteiger partial charge in [-0.2, -0.15) is 0 Å². The van der Waals surface area contributed by atoms with Crippen LogP contribution in [0.25, 0.3) is 0 Å². The highest BCUT2D eigenvalue weighted by atomic mass is 28.4. The van der Waals surface area contributed by atoms with E-state index in [1.54, 1.807) is 0 Å². The summed E-state index contributed by atoms with van der Waals surface area (Å²) in [5.74, 6) is 0.799. The molecule has 2 heteroatoms. The zero-order valence-electron chi connectivity index (χ0n) is 9.60. The van der Waals surface area contributed by atoms with E-state index in [1.807, 2.05) is 6.08 Å². The predicted octanol–water partition coefficient (Wildman–Crippen LogP) is 3.83. The van der Waals surface area contributed by atoms with Crippen LogP contribution in [0.2, 0.25) is 19.1 Å². The Bertz CT molecular complexity index is 141. The SMILES string of the molecule is C=CC[Si](C)(C)OCCCC(C)C. The van der Waals surface area contributed by atoms with Crippen molar-refractivity contribution in [2.45, 2.75) is 45.8 Å². The molecule has 13 heavy (non-hydrogen) atoms. The minimum absolute atomic E-state index is 0.799. The fourth-order valence-corrected chi connectivity index (χ4v) is 2.76. The van der Waals surface area contributed by atoms with E-state index in [-0.39, 0.29) is 0 Å². The van der Waals surface area contributed by atoms with E-state index >= 15 is 0 Å². The summed E-state index contributed by atoms with van der Waals surface area (Å²) in [4.78, 5) is 0. The molecular weight excluding hydrogens is 176 g/mol. The molecule has 78 valence electrons. The predicted molar refractivity (Wildman–Crippen MR) is 62.5 cm³/mol. The van der Waals surface area contributed by atoms with Crippen LogP contribution in [-0.4, -0.2) is 14.9 Å². The van der Waals surface area contributed by atoms with Crippen LogP contribution in [0.1, 0.15) is 26.7 Å². The van der Waals surface area contributed by atoms with Crippen LogP contribution in [0.15, 0.2) is 12.7 Å². The lowest BCUT2D eigenvalue weighted by atomic mass is 10.1. The van der Waals surface area contributed by atoms with Crippen molar-refractivity contribution >= 4 is 8.32 Å². The summed E-state index contributed by atoms with van der Waals surface area (Å²) in [5.41, 5.74) is 0. The first kappa shape index (κ1) is 12.9. The fourth-order valence-electron chi connectivity index (χ4n) is 1.25. The van der Waals surface area contributed by atoms with Crippen LogP contribution in [0, 0.1) is 5.92 Å². The molecule has 0 aliphatic heterocycles. The first-order valence-electron chi connectivity index (χ1n) is 5.23. The Morgan fingerprint density at radius 3 is 2.46 bits per heavy atom. The van der Waals surface area contributed by atoms with Gasteiger partial charge in [0.2, 0.25) is 0 Å². The molecule has 0 fully saturated rings. The van der Waals surface area contributed by atoms with E-state index in [2.05, 4.69) is 33.5 Å². The first-order valence-corrected chi connectivity index (χ1v) is 8.34. The molecule has 0 spiro atoms. The van der Waals surface area contributed by atoms with Crippen molar-refractivity contribution in [3.63, 3.8) is 0 Å². The molecule has 0 saturated carbocycles. The van der Waals surface area contributed by atoms with Crippen LogP contribution in [0.4, 0.5) is 0 Å². The maximum absolute atomic E-state index is 5.89. The third kappa shape index (κ3) is 8.25. The summed E-state index contributed by atoms with van der Waals surface area (Å²) >= 11 is 0. The lowest BCUT2D eigenvalue weighted by molar-refractivity contribution is 0.289. The molecular formula is C11H24OSi. The zero-order valence-corrected chi connectivity index (χ0v) is 10.6. The minimum Gasteiger partial charge on any atom is -0.417 e. The maximum atomic E-state index is 5.89. The quantitative estimate of drug-likeness (QED) is 0.345. The van der Waals surface area contributed by atoms with E-state index in [9.17, 15) is 0 Å². The third-order valence-corrected chi connectivity index (χ3v) is 4.31. The monoisotopic (exact) mass is 200 g/mol. The largest absolute Gasteiger partial charge is 0.417 e. The highest BCUT2D eigenvalue weighted by Gasteiger charge is 2.19. The van der Waals surface area contributed by atoms with Gasteiger partial charge in [-0.25, -0.2) is 0 Å². The van der Waals surface area contributed by atoms with E-state index < -0.39 is 8.32 Å². The van der Waals surface area contributed by atoms with E-state index in [0.717, 1.165) is 18.6 Å². The molecule has 0 amide bonds. The molecule has 0 saturated heterocycles. The molecule has 0 aromatic heterocycles. The van der Waals surface area contributed by atoms with Crippen LogP contribution >= 0.6 is 0 Å². The highest BCUT2D eigenvalue weighted by Crippen LogP contribution is 2.13. The van der Waals surface area contributed by atoms with E-state index in [0.29, 0.717) is 0 Å². The van der Waals surface area contributed by atoms with Gasteiger partial charge in [0.1, 0.15) is 0 Å². The zero-order chi connectivity index (χ0) is 10.3. The topological polar surface area (TPSA) is 9.23 Å². The van der Waals surface area contributed by atoms with Crippen molar-refractivity contribution in [2.24, 2.45) is 5.92 Å². The second-order valence-electron chi connectivity index (χ2n) is 4.64. The second-order valence-corrected chi connectivity index (χ2v) is 8.85. The summed E-state index contributed by atoms with van der Waals surface area (Å²) in [7, 11) is -1.39. The third-order valence-electron chi connectivity index (χ3n) is 2.05. The van der Waals surface area contributed by atoms with Gasteiger partial charge in [0, 0.05) is 6.61 Å². The Hall–Kier alpha value is -0.0831. The Morgan fingerprint density at radius 2 is 2.00 bits per heavy atom. The molecule has 0 heterocycles. The Morgan fingerprint density at radius 1 is 1.38 bits per heavy atom. The molecule has 0 aliphatic rings. The molecule has 0 N–H and O–H groups in total. The average molecular weight is 200 g/mol. The molecule has 0 atom stereocenters. The number of allylic oxidation sites excluding steroid dienone is 1. The second kappa shape index (κ2) is 6.38. The molecule has 0 aromatic rings.